The maximum atomic E-state index is 12.5. The number of hydrogen-bond acceptors (Lipinski definition) is 8. The average Bonchev–Trinajstić information content (AvgIpc) is 3.14. The summed E-state index contributed by atoms with van der Waals surface area (Å²) >= 11 is 0. The van der Waals surface area contributed by atoms with Crippen LogP contribution in [0.2, 0.25) is 0 Å². The second-order valence-corrected chi connectivity index (χ2v) is 14.6. The molecule has 53 heavy (non-hydrogen) atoms. The van der Waals surface area contributed by atoms with Crippen LogP contribution in [0.5, 0.6) is 0 Å². The van der Waals surface area contributed by atoms with Crippen LogP contribution in [0.3, 0.4) is 0 Å². The number of allylic oxidation sites excluding steroid dienone is 12. The van der Waals surface area contributed by atoms with Crippen LogP contribution in [0.4, 0.5) is 0 Å². The van der Waals surface area contributed by atoms with Gasteiger partial charge >= 0.3 is 19.8 Å². The van der Waals surface area contributed by atoms with Crippen LogP contribution in [0.1, 0.15) is 155 Å². The van der Waals surface area contributed by atoms with Gasteiger partial charge in [0.15, 0.2) is 6.10 Å². The quantitative estimate of drug-likeness (QED) is 0.0274. The summed E-state index contributed by atoms with van der Waals surface area (Å²) in [4.78, 5) is 34.7. The number of nitrogens with two attached hydrogens (primary N) is 1. The fraction of sp³-hybridized carbons (Fsp3) is 0.674. The number of phosphoric ester groups is 1. The largest absolute Gasteiger partial charge is 0.472 e. The van der Waals surface area contributed by atoms with E-state index in [2.05, 4.69) is 74.6 Å². The van der Waals surface area contributed by atoms with E-state index in [9.17, 15) is 19.0 Å². The van der Waals surface area contributed by atoms with Crippen LogP contribution >= 0.6 is 7.82 Å². The molecule has 0 spiro atoms. The number of hydrogen-bond donors (Lipinski definition) is 2. The predicted molar refractivity (Wildman–Crippen MR) is 219 cm³/mol. The number of esters is 2. The number of carbonyl (C=O) groups is 2. The molecule has 1 unspecified atom stereocenters. The van der Waals surface area contributed by atoms with Crippen LogP contribution < -0.4 is 5.73 Å². The summed E-state index contributed by atoms with van der Waals surface area (Å²) < 4.78 is 32.6. The minimum atomic E-state index is -4.39. The molecule has 0 fully saturated rings. The van der Waals surface area contributed by atoms with Gasteiger partial charge in [0.2, 0.25) is 0 Å². The number of carbonyl (C=O) groups excluding carboxylic acids is 2. The van der Waals surface area contributed by atoms with Gasteiger partial charge in [-0.2, -0.15) is 0 Å². The maximum absolute atomic E-state index is 12.5. The van der Waals surface area contributed by atoms with Crippen molar-refractivity contribution < 1.29 is 37.6 Å². The Morgan fingerprint density at radius 3 is 1.58 bits per heavy atom. The molecule has 0 amide bonds. The molecule has 0 aliphatic carbocycles. The molecule has 0 aromatic rings. The molecule has 0 heterocycles. The standard InChI is InChI=1S/C43H74NO8P/c1-3-5-7-9-11-13-15-17-18-19-20-21-22-24-25-27-29-31-33-35-42(45)49-39-41(40-51-53(47,48)50-38-37-44)52-43(46)36-34-32-30-28-26-23-16-14-12-10-8-6-4-2/h11,13-14,16-18,20-21,24-25,29,31,41H,3-10,12,15,19,22-23,26-28,30,32-40,44H2,1-2H3,(H,47,48)/b13-11+,16-14+,18-17+,21-20+,25-24+,31-29+/t41-/m0/s1. The van der Waals surface area contributed by atoms with E-state index in [0.717, 1.165) is 64.2 Å². The van der Waals surface area contributed by atoms with E-state index < -0.39 is 32.5 Å². The van der Waals surface area contributed by atoms with Crippen molar-refractivity contribution in [1.29, 1.82) is 0 Å². The summed E-state index contributed by atoms with van der Waals surface area (Å²) in [6, 6.07) is 0. The van der Waals surface area contributed by atoms with Crippen molar-refractivity contribution in [2.75, 3.05) is 26.4 Å². The van der Waals surface area contributed by atoms with E-state index in [1.807, 2.05) is 12.2 Å². The third-order valence-electron chi connectivity index (χ3n) is 8.08. The second kappa shape index (κ2) is 39.2. The van der Waals surface area contributed by atoms with E-state index in [1.165, 1.54) is 51.4 Å². The smallest absolute Gasteiger partial charge is 0.462 e. The van der Waals surface area contributed by atoms with Crippen molar-refractivity contribution in [1.82, 2.24) is 0 Å². The van der Waals surface area contributed by atoms with Crippen molar-refractivity contribution in [3.63, 3.8) is 0 Å². The molecule has 0 aromatic carbocycles. The molecule has 10 heteroatoms. The summed E-state index contributed by atoms with van der Waals surface area (Å²) in [7, 11) is -4.39. The Bertz CT molecular complexity index is 1100. The Labute approximate surface area is 322 Å². The summed E-state index contributed by atoms with van der Waals surface area (Å²) in [5.74, 6) is -0.942. The van der Waals surface area contributed by atoms with Gasteiger partial charge in [-0.15, -0.1) is 0 Å². The van der Waals surface area contributed by atoms with Gasteiger partial charge in [0.05, 0.1) is 13.2 Å². The highest BCUT2D eigenvalue weighted by molar-refractivity contribution is 7.47. The molecule has 304 valence electrons. The Morgan fingerprint density at radius 2 is 1.02 bits per heavy atom. The lowest BCUT2D eigenvalue weighted by Crippen LogP contribution is -2.29. The summed E-state index contributed by atoms with van der Waals surface area (Å²) in [5, 5.41) is 0. The SMILES string of the molecule is CCCCC/C=C/C/C=C/C/C=C/C/C=C/C/C=C/CCC(=O)OC[C@@H](COP(=O)(O)OCCN)OC(=O)CCCCCCC/C=C/CCCCCC. The molecule has 0 aliphatic heterocycles. The number of rotatable bonds is 37. The van der Waals surface area contributed by atoms with Crippen LogP contribution in [-0.2, 0) is 32.7 Å². The Morgan fingerprint density at radius 1 is 0.566 bits per heavy atom. The molecule has 2 atom stereocenters. The molecule has 0 aromatic heterocycles. The Balaban J connectivity index is 4.34. The highest BCUT2D eigenvalue weighted by Gasteiger charge is 2.25. The van der Waals surface area contributed by atoms with Crippen LogP contribution in [-0.4, -0.2) is 49.3 Å². The predicted octanol–water partition coefficient (Wildman–Crippen LogP) is 11.5. The highest BCUT2D eigenvalue weighted by atomic mass is 31.2. The fourth-order valence-electron chi connectivity index (χ4n) is 5.02. The van der Waals surface area contributed by atoms with Gasteiger partial charge in [-0.05, 0) is 77.0 Å². The zero-order chi connectivity index (χ0) is 38.9. The zero-order valence-electron chi connectivity index (χ0n) is 33.2. The minimum Gasteiger partial charge on any atom is -0.462 e. The molecule has 0 saturated carbocycles. The first-order valence-corrected chi connectivity index (χ1v) is 21.9. The maximum Gasteiger partial charge on any atom is 0.472 e. The number of ether oxygens (including phenoxy) is 2. The summed E-state index contributed by atoms with van der Waals surface area (Å²) in [5.41, 5.74) is 5.33. The lowest BCUT2D eigenvalue weighted by molar-refractivity contribution is -0.161. The van der Waals surface area contributed by atoms with Crippen molar-refractivity contribution in [2.24, 2.45) is 5.73 Å². The first kappa shape index (κ1) is 50.5. The van der Waals surface area contributed by atoms with E-state index in [0.29, 0.717) is 12.8 Å². The van der Waals surface area contributed by atoms with E-state index in [-0.39, 0.29) is 32.6 Å². The molecule has 0 saturated heterocycles. The zero-order valence-corrected chi connectivity index (χ0v) is 34.1. The third kappa shape index (κ3) is 39.0. The van der Waals surface area contributed by atoms with Gasteiger partial charge in [0.1, 0.15) is 6.61 Å². The molecule has 3 N–H and O–H groups in total. The first-order chi connectivity index (χ1) is 25.8. The Kier molecular flexibility index (Phi) is 37.3. The molecule has 9 nitrogen and oxygen atoms in total. The third-order valence-corrected chi connectivity index (χ3v) is 9.06. The minimum absolute atomic E-state index is 0.0395. The van der Waals surface area contributed by atoms with Crippen molar-refractivity contribution >= 4 is 19.8 Å². The van der Waals surface area contributed by atoms with Crippen molar-refractivity contribution in [2.45, 2.75) is 161 Å². The van der Waals surface area contributed by atoms with Crippen LogP contribution in [0.25, 0.3) is 0 Å². The molecule has 0 bridgehead atoms. The monoisotopic (exact) mass is 764 g/mol. The molecule has 0 radical (unpaired) electrons. The van der Waals surface area contributed by atoms with Gasteiger partial charge in [0, 0.05) is 19.4 Å². The lowest BCUT2D eigenvalue weighted by atomic mass is 10.1. The fourth-order valence-corrected chi connectivity index (χ4v) is 5.79. The molecule has 0 rings (SSSR count). The van der Waals surface area contributed by atoms with Gasteiger partial charge in [-0.1, -0.05) is 138 Å². The molecular formula is C43H74NO8P. The van der Waals surface area contributed by atoms with E-state index in [1.54, 1.807) is 0 Å². The number of unbranched alkanes of at least 4 members (excludes halogenated alkanes) is 12. The van der Waals surface area contributed by atoms with Crippen LogP contribution in [0, 0.1) is 0 Å². The highest BCUT2D eigenvalue weighted by Crippen LogP contribution is 2.43. The van der Waals surface area contributed by atoms with Gasteiger partial charge in [0.25, 0.3) is 0 Å². The lowest BCUT2D eigenvalue weighted by Gasteiger charge is -2.19. The van der Waals surface area contributed by atoms with Gasteiger partial charge in [-0.25, -0.2) is 4.57 Å². The van der Waals surface area contributed by atoms with E-state index >= 15 is 0 Å². The van der Waals surface area contributed by atoms with Crippen LogP contribution in [0.15, 0.2) is 72.9 Å². The summed E-state index contributed by atoms with van der Waals surface area (Å²) in [6.07, 6.45) is 46.6. The van der Waals surface area contributed by atoms with Gasteiger partial charge < -0.3 is 20.1 Å². The van der Waals surface area contributed by atoms with E-state index in [4.69, 9.17) is 24.3 Å². The molecular weight excluding hydrogens is 689 g/mol. The Hall–Kier alpha value is -2.55. The van der Waals surface area contributed by atoms with Crippen molar-refractivity contribution in [3.05, 3.63) is 72.9 Å². The first-order valence-electron chi connectivity index (χ1n) is 20.4. The normalized spacial score (nSPS) is 14.1. The molecule has 0 aliphatic rings. The second-order valence-electron chi connectivity index (χ2n) is 13.1. The van der Waals surface area contributed by atoms with Crippen molar-refractivity contribution in [3.8, 4) is 0 Å². The average molecular weight is 764 g/mol. The summed E-state index contributed by atoms with van der Waals surface area (Å²) in [6.45, 7) is 3.57. The topological polar surface area (TPSA) is 134 Å². The number of phosphoric acid groups is 1. The van der Waals surface area contributed by atoms with Gasteiger partial charge in [-0.3, -0.25) is 18.6 Å².